The molecule has 0 amide bonds. The molecule has 2 unspecified atom stereocenters. The van der Waals surface area contributed by atoms with Crippen LogP contribution in [0.25, 0.3) is 0 Å². The van der Waals surface area contributed by atoms with E-state index in [1.807, 2.05) is 12.1 Å². The average Bonchev–Trinajstić information content (AvgIpc) is 2.90. The number of ether oxygens (including phenoxy) is 2. The molecule has 0 saturated carbocycles. The predicted octanol–water partition coefficient (Wildman–Crippen LogP) is 4.40. The maximum Gasteiger partial charge on any atom is 0.387 e. The molecule has 3 atom stereocenters. The highest BCUT2D eigenvalue weighted by molar-refractivity contribution is 7.97. The maximum absolute atomic E-state index is 12.3. The van der Waals surface area contributed by atoms with Crippen molar-refractivity contribution in [2.24, 2.45) is 0 Å². The smallest absolute Gasteiger partial charge is 0.387 e. The summed E-state index contributed by atoms with van der Waals surface area (Å²) >= 11 is 1.77. The topological polar surface area (TPSA) is 24.9 Å². The van der Waals surface area contributed by atoms with E-state index in [2.05, 4.69) is 21.0 Å². The minimum absolute atomic E-state index is 0.217. The number of nitrogens with zero attached hydrogens (tertiary/aromatic N) is 2. The molecule has 1 aromatic rings. The van der Waals surface area contributed by atoms with Crippen LogP contribution in [0.15, 0.2) is 29.2 Å². The molecule has 3 fully saturated rings. The van der Waals surface area contributed by atoms with Crippen molar-refractivity contribution in [3.8, 4) is 5.75 Å². The number of hydrogen-bond donors (Lipinski definition) is 0. The van der Waals surface area contributed by atoms with Crippen LogP contribution >= 0.6 is 11.9 Å². The van der Waals surface area contributed by atoms with Gasteiger partial charge in [0.2, 0.25) is 0 Å². The van der Waals surface area contributed by atoms with Gasteiger partial charge < -0.3 is 14.4 Å². The van der Waals surface area contributed by atoms with E-state index in [1.54, 1.807) is 24.1 Å². The molecular weight excluding hydrogens is 370 g/mol. The Morgan fingerprint density at radius 2 is 1.67 bits per heavy atom. The summed E-state index contributed by atoms with van der Waals surface area (Å²) < 4.78 is 37.1. The molecule has 27 heavy (non-hydrogen) atoms. The van der Waals surface area contributed by atoms with Gasteiger partial charge in [-0.15, -0.1) is 0 Å². The van der Waals surface area contributed by atoms with Crippen LogP contribution in [0, 0.1) is 0 Å². The van der Waals surface area contributed by atoms with Crippen LogP contribution in [0.2, 0.25) is 0 Å². The Morgan fingerprint density at radius 1 is 1.04 bits per heavy atom. The average molecular weight is 399 g/mol. The Kier molecular flexibility index (Phi) is 6.21. The first-order chi connectivity index (χ1) is 13.1. The van der Waals surface area contributed by atoms with Crippen molar-refractivity contribution in [1.29, 1.82) is 0 Å². The Bertz CT molecular complexity index is 599. The molecule has 150 valence electrons. The lowest BCUT2D eigenvalue weighted by molar-refractivity contribution is -0.0498. The van der Waals surface area contributed by atoms with Gasteiger partial charge in [-0.05, 0) is 81.8 Å². The third-order valence-electron chi connectivity index (χ3n) is 6.24. The molecule has 3 saturated heterocycles. The van der Waals surface area contributed by atoms with Gasteiger partial charge in [-0.3, -0.25) is 0 Å². The van der Waals surface area contributed by atoms with Crippen LogP contribution in [0.1, 0.15) is 38.5 Å². The predicted molar refractivity (Wildman–Crippen MR) is 102 cm³/mol. The SMILES string of the molecule is CN(C1CCOCC1)C1CC2CC[C@H](C1)N2Sc1ccc(OC(F)F)cc1. The lowest BCUT2D eigenvalue weighted by Crippen LogP contribution is -2.50. The van der Waals surface area contributed by atoms with Crippen molar-refractivity contribution in [3.63, 3.8) is 0 Å². The normalized spacial score (nSPS) is 29.6. The molecule has 0 aromatic heterocycles. The second kappa shape index (κ2) is 8.64. The summed E-state index contributed by atoms with van der Waals surface area (Å²) in [5.74, 6) is 0.217. The van der Waals surface area contributed by atoms with Gasteiger partial charge in [-0.2, -0.15) is 8.78 Å². The van der Waals surface area contributed by atoms with Crippen LogP contribution in [0.3, 0.4) is 0 Å². The van der Waals surface area contributed by atoms with Crippen molar-refractivity contribution in [3.05, 3.63) is 24.3 Å². The van der Waals surface area contributed by atoms with Gasteiger partial charge in [-0.25, -0.2) is 4.31 Å². The van der Waals surface area contributed by atoms with Crippen molar-refractivity contribution >= 4 is 11.9 Å². The first kappa shape index (κ1) is 19.4. The molecule has 1 aromatic carbocycles. The molecule has 3 aliphatic rings. The van der Waals surface area contributed by atoms with Gasteiger partial charge in [0, 0.05) is 42.3 Å². The number of alkyl halides is 2. The quantitative estimate of drug-likeness (QED) is 0.662. The minimum Gasteiger partial charge on any atom is -0.435 e. The molecular formula is C20H28F2N2O2S. The Labute approximate surface area is 164 Å². The van der Waals surface area contributed by atoms with Crippen LogP contribution in [0.5, 0.6) is 5.75 Å². The lowest BCUT2D eigenvalue weighted by atomic mass is 9.95. The standard InChI is InChI=1S/C20H28F2N2O2S/c1-23(14-8-10-25-11-9-14)17-12-15-2-3-16(13-17)24(15)27-19-6-4-18(5-7-19)26-20(21)22/h4-7,14-17,20H,2-3,8-13H2,1H3/t15-,16?,17?/m1/s1. The third-order valence-corrected chi connectivity index (χ3v) is 7.53. The highest BCUT2D eigenvalue weighted by atomic mass is 32.2. The molecule has 4 rings (SSSR count). The summed E-state index contributed by atoms with van der Waals surface area (Å²) in [5, 5.41) is 0. The van der Waals surface area contributed by atoms with Crippen LogP contribution in [0.4, 0.5) is 8.78 Å². The molecule has 4 nitrogen and oxygen atoms in total. The van der Waals surface area contributed by atoms with Gasteiger partial charge in [-0.1, -0.05) is 0 Å². The van der Waals surface area contributed by atoms with E-state index < -0.39 is 6.61 Å². The summed E-state index contributed by atoms with van der Waals surface area (Å²) in [7, 11) is 2.30. The van der Waals surface area contributed by atoms with E-state index in [0.717, 1.165) is 31.0 Å². The molecule has 0 N–H and O–H groups in total. The fraction of sp³-hybridized carbons (Fsp3) is 0.700. The van der Waals surface area contributed by atoms with E-state index in [4.69, 9.17) is 4.74 Å². The zero-order valence-corrected chi connectivity index (χ0v) is 16.5. The summed E-state index contributed by atoms with van der Waals surface area (Å²) in [6, 6.07) is 9.51. The fourth-order valence-corrected chi connectivity index (χ4v) is 5.96. The lowest BCUT2D eigenvalue weighted by Gasteiger charge is -2.44. The van der Waals surface area contributed by atoms with E-state index in [-0.39, 0.29) is 5.75 Å². The van der Waals surface area contributed by atoms with Crippen molar-refractivity contribution in [1.82, 2.24) is 9.21 Å². The number of hydrogen-bond acceptors (Lipinski definition) is 5. The molecule has 0 radical (unpaired) electrons. The van der Waals surface area contributed by atoms with Crippen LogP contribution < -0.4 is 4.74 Å². The summed E-state index contributed by atoms with van der Waals surface area (Å²) in [4.78, 5) is 3.71. The monoisotopic (exact) mass is 398 g/mol. The van der Waals surface area contributed by atoms with Crippen molar-refractivity contribution in [2.75, 3.05) is 20.3 Å². The highest BCUT2D eigenvalue weighted by Crippen LogP contribution is 2.44. The number of rotatable bonds is 6. The van der Waals surface area contributed by atoms with Crippen LogP contribution in [-0.2, 0) is 4.74 Å². The molecule has 7 heteroatoms. The van der Waals surface area contributed by atoms with Crippen molar-refractivity contribution < 1.29 is 18.3 Å². The number of fused-ring (bicyclic) bond motifs is 2. The third kappa shape index (κ3) is 4.58. The Balaban J connectivity index is 1.35. The van der Waals surface area contributed by atoms with E-state index in [1.165, 1.54) is 25.7 Å². The van der Waals surface area contributed by atoms with Gasteiger partial charge in [0.1, 0.15) is 5.75 Å². The summed E-state index contributed by atoms with van der Waals surface area (Å²) in [6.45, 7) is -0.991. The maximum atomic E-state index is 12.3. The Hall–Kier alpha value is -0.890. The summed E-state index contributed by atoms with van der Waals surface area (Å²) in [6.07, 6.45) is 7.22. The zero-order valence-electron chi connectivity index (χ0n) is 15.7. The zero-order chi connectivity index (χ0) is 18.8. The van der Waals surface area contributed by atoms with Gasteiger partial charge >= 0.3 is 6.61 Å². The first-order valence-corrected chi connectivity index (χ1v) is 10.7. The number of halogens is 2. The molecule has 0 spiro atoms. The van der Waals surface area contributed by atoms with Gasteiger partial charge in [0.05, 0.1) is 0 Å². The summed E-state index contributed by atoms with van der Waals surface area (Å²) in [5.41, 5.74) is 0. The fourth-order valence-electron chi connectivity index (χ4n) is 4.78. The molecule has 3 heterocycles. The largest absolute Gasteiger partial charge is 0.435 e. The number of benzene rings is 1. The highest BCUT2D eigenvalue weighted by Gasteiger charge is 2.43. The van der Waals surface area contributed by atoms with Crippen LogP contribution in [-0.4, -0.2) is 60.2 Å². The molecule has 2 bridgehead atoms. The second-order valence-electron chi connectivity index (χ2n) is 7.82. The van der Waals surface area contributed by atoms with Gasteiger partial charge in [0.15, 0.2) is 0 Å². The Morgan fingerprint density at radius 3 is 2.26 bits per heavy atom. The van der Waals surface area contributed by atoms with Crippen molar-refractivity contribution in [2.45, 2.75) is 74.2 Å². The first-order valence-electron chi connectivity index (χ1n) is 9.91. The second-order valence-corrected chi connectivity index (χ2v) is 8.90. The molecule has 0 aliphatic carbocycles. The van der Waals surface area contributed by atoms with E-state index in [9.17, 15) is 8.78 Å². The minimum atomic E-state index is -2.77. The van der Waals surface area contributed by atoms with E-state index >= 15 is 0 Å². The van der Waals surface area contributed by atoms with Gasteiger partial charge in [0.25, 0.3) is 0 Å². The molecule has 3 aliphatic heterocycles. The number of piperidine rings is 1. The van der Waals surface area contributed by atoms with E-state index in [0.29, 0.717) is 24.2 Å².